The largest absolute Gasteiger partial charge is 0.490 e. The fourth-order valence-electron chi connectivity index (χ4n) is 1.82. The van der Waals surface area contributed by atoms with E-state index in [0.717, 1.165) is 16.6 Å². The van der Waals surface area contributed by atoms with Crippen molar-refractivity contribution in [2.75, 3.05) is 19.8 Å². The Morgan fingerprint density at radius 1 is 1.00 bits per heavy atom. The molecule has 0 radical (unpaired) electrons. The fourth-order valence-corrected chi connectivity index (χ4v) is 2.18. The smallest absolute Gasteiger partial charge is 0.136 e. The molecule has 0 spiro atoms. The van der Waals surface area contributed by atoms with Crippen LogP contribution >= 0.6 is 15.9 Å². The van der Waals surface area contributed by atoms with Gasteiger partial charge in [-0.05, 0) is 58.7 Å². The summed E-state index contributed by atoms with van der Waals surface area (Å²) in [6.07, 6.45) is 0.858. The highest BCUT2D eigenvalue weighted by Gasteiger charge is 2.03. The summed E-state index contributed by atoms with van der Waals surface area (Å²) >= 11 is 3.31. The van der Waals surface area contributed by atoms with E-state index in [0.29, 0.717) is 25.5 Å². The van der Waals surface area contributed by atoms with Gasteiger partial charge in [-0.2, -0.15) is 0 Å². The molecule has 2 N–H and O–H groups in total. The molecule has 0 aliphatic rings. The van der Waals surface area contributed by atoms with Crippen LogP contribution in [-0.4, -0.2) is 19.8 Å². The molecular weight excluding hydrogens is 337 g/mol. The number of ether oxygens (including phenoxy) is 2. The minimum atomic E-state index is -0.329. The van der Waals surface area contributed by atoms with Crippen molar-refractivity contribution in [1.82, 2.24) is 0 Å². The molecule has 0 aliphatic carbocycles. The Balaban J connectivity index is 1.77. The van der Waals surface area contributed by atoms with Crippen LogP contribution < -0.4 is 15.2 Å². The lowest BCUT2D eigenvalue weighted by Crippen LogP contribution is -2.09. The average molecular weight is 354 g/mol. The zero-order valence-corrected chi connectivity index (χ0v) is 13.1. The van der Waals surface area contributed by atoms with Crippen LogP contribution in [0, 0.1) is 5.82 Å². The first-order valence-corrected chi connectivity index (χ1v) is 7.48. The minimum absolute atomic E-state index is 0.329. The normalized spacial score (nSPS) is 10.4. The summed E-state index contributed by atoms with van der Waals surface area (Å²) < 4.78 is 24.8. The molecule has 0 heterocycles. The molecule has 0 atom stereocenters. The van der Waals surface area contributed by atoms with Gasteiger partial charge in [0.25, 0.3) is 0 Å². The number of halogens is 2. The lowest BCUT2D eigenvalue weighted by atomic mass is 10.1. The van der Waals surface area contributed by atoms with Gasteiger partial charge < -0.3 is 15.2 Å². The molecule has 2 aromatic rings. The standard InChI is InChI=1S/C16H17BrFNO2/c17-15-6-3-13(18)11-16(15)21-10-9-20-14-4-1-12(2-5-14)7-8-19/h1-6,11H,7-10,19H2. The molecule has 2 aromatic carbocycles. The van der Waals surface area contributed by atoms with Crippen LogP contribution in [0.5, 0.6) is 11.5 Å². The highest BCUT2D eigenvalue weighted by atomic mass is 79.9. The quantitative estimate of drug-likeness (QED) is 0.774. The maximum Gasteiger partial charge on any atom is 0.136 e. The SMILES string of the molecule is NCCc1ccc(OCCOc2cc(F)ccc2Br)cc1. The van der Waals surface area contributed by atoms with Gasteiger partial charge in [-0.3, -0.25) is 0 Å². The van der Waals surface area contributed by atoms with Crippen molar-refractivity contribution < 1.29 is 13.9 Å². The van der Waals surface area contributed by atoms with Crippen LogP contribution in [-0.2, 0) is 6.42 Å². The Morgan fingerprint density at radius 2 is 1.71 bits per heavy atom. The first kappa shape index (κ1) is 15.8. The predicted molar refractivity (Wildman–Crippen MR) is 84.3 cm³/mol. The van der Waals surface area contributed by atoms with Crippen LogP contribution in [0.1, 0.15) is 5.56 Å². The van der Waals surface area contributed by atoms with Crippen LogP contribution in [0.2, 0.25) is 0 Å². The number of hydrogen-bond acceptors (Lipinski definition) is 3. The molecule has 5 heteroatoms. The molecule has 2 rings (SSSR count). The molecule has 21 heavy (non-hydrogen) atoms. The van der Waals surface area contributed by atoms with Gasteiger partial charge in [0, 0.05) is 6.07 Å². The van der Waals surface area contributed by atoms with Crippen LogP contribution in [0.15, 0.2) is 46.9 Å². The van der Waals surface area contributed by atoms with Crippen molar-refractivity contribution in [3.05, 3.63) is 58.3 Å². The molecule has 0 fully saturated rings. The predicted octanol–water partition coefficient (Wildman–Crippen LogP) is 3.55. The third kappa shape index (κ3) is 5.02. The van der Waals surface area contributed by atoms with Gasteiger partial charge in [0.05, 0.1) is 4.47 Å². The van der Waals surface area contributed by atoms with E-state index in [1.54, 1.807) is 6.07 Å². The Morgan fingerprint density at radius 3 is 2.43 bits per heavy atom. The van der Waals surface area contributed by atoms with E-state index in [-0.39, 0.29) is 5.82 Å². The molecule has 0 saturated heterocycles. The number of rotatable bonds is 7. The van der Waals surface area contributed by atoms with Gasteiger partial charge in [0.1, 0.15) is 30.5 Å². The molecule has 112 valence electrons. The summed E-state index contributed by atoms with van der Waals surface area (Å²) in [7, 11) is 0. The lowest BCUT2D eigenvalue weighted by molar-refractivity contribution is 0.216. The van der Waals surface area contributed by atoms with E-state index in [9.17, 15) is 4.39 Å². The van der Waals surface area contributed by atoms with Crippen molar-refractivity contribution in [2.45, 2.75) is 6.42 Å². The molecule has 0 aromatic heterocycles. The van der Waals surface area contributed by atoms with E-state index in [1.165, 1.54) is 17.7 Å². The molecule has 0 bridgehead atoms. The van der Waals surface area contributed by atoms with Crippen molar-refractivity contribution in [2.24, 2.45) is 5.73 Å². The first-order chi connectivity index (χ1) is 10.2. The lowest BCUT2D eigenvalue weighted by Gasteiger charge is -2.10. The number of benzene rings is 2. The topological polar surface area (TPSA) is 44.5 Å². The Kier molecular flexibility index (Phi) is 6.02. The van der Waals surface area contributed by atoms with Crippen molar-refractivity contribution in [3.63, 3.8) is 0 Å². The van der Waals surface area contributed by atoms with Crippen LogP contribution in [0.3, 0.4) is 0 Å². The second-order valence-corrected chi connectivity index (χ2v) is 5.31. The maximum atomic E-state index is 13.1. The third-order valence-electron chi connectivity index (χ3n) is 2.86. The van der Waals surface area contributed by atoms with Gasteiger partial charge in [-0.15, -0.1) is 0 Å². The summed E-state index contributed by atoms with van der Waals surface area (Å²) in [6, 6.07) is 12.1. The average Bonchev–Trinajstić information content (AvgIpc) is 2.49. The summed E-state index contributed by atoms with van der Waals surface area (Å²) in [4.78, 5) is 0. The molecule has 0 saturated carbocycles. The highest BCUT2D eigenvalue weighted by Crippen LogP contribution is 2.25. The van der Waals surface area contributed by atoms with E-state index >= 15 is 0 Å². The summed E-state index contributed by atoms with van der Waals surface area (Å²) in [6.45, 7) is 1.36. The summed E-state index contributed by atoms with van der Waals surface area (Å²) in [5, 5.41) is 0. The highest BCUT2D eigenvalue weighted by molar-refractivity contribution is 9.10. The molecule has 0 aliphatic heterocycles. The molecule has 3 nitrogen and oxygen atoms in total. The molecule has 0 amide bonds. The Bertz CT molecular complexity index is 575. The second-order valence-electron chi connectivity index (χ2n) is 4.45. The van der Waals surface area contributed by atoms with Crippen molar-refractivity contribution in [1.29, 1.82) is 0 Å². The second kappa shape index (κ2) is 8.00. The Labute approximate surface area is 132 Å². The van der Waals surface area contributed by atoms with Gasteiger partial charge in [-0.1, -0.05) is 12.1 Å². The first-order valence-electron chi connectivity index (χ1n) is 6.68. The van der Waals surface area contributed by atoms with E-state index in [2.05, 4.69) is 15.9 Å². The van der Waals surface area contributed by atoms with Crippen molar-refractivity contribution in [3.8, 4) is 11.5 Å². The number of nitrogens with two attached hydrogens (primary N) is 1. The van der Waals surface area contributed by atoms with Gasteiger partial charge in [0.15, 0.2) is 0 Å². The Hall–Kier alpha value is -1.59. The van der Waals surface area contributed by atoms with Gasteiger partial charge >= 0.3 is 0 Å². The van der Waals surface area contributed by atoms with E-state index in [1.807, 2.05) is 24.3 Å². The van der Waals surface area contributed by atoms with Gasteiger partial charge in [-0.25, -0.2) is 4.39 Å². The van der Waals surface area contributed by atoms with E-state index in [4.69, 9.17) is 15.2 Å². The number of hydrogen-bond donors (Lipinski definition) is 1. The molecular formula is C16H17BrFNO2. The minimum Gasteiger partial charge on any atom is -0.490 e. The van der Waals surface area contributed by atoms with Crippen LogP contribution in [0.25, 0.3) is 0 Å². The van der Waals surface area contributed by atoms with Crippen molar-refractivity contribution >= 4 is 15.9 Å². The zero-order valence-electron chi connectivity index (χ0n) is 11.5. The summed E-state index contributed by atoms with van der Waals surface area (Å²) in [5.74, 6) is 0.916. The fraction of sp³-hybridized carbons (Fsp3) is 0.250. The maximum absolute atomic E-state index is 13.1. The zero-order chi connectivity index (χ0) is 15.1. The third-order valence-corrected chi connectivity index (χ3v) is 3.51. The summed E-state index contributed by atoms with van der Waals surface area (Å²) in [5.41, 5.74) is 6.68. The monoisotopic (exact) mass is 353 g/mol. The van der Waals surface area contributed by atoms with E-state index < -0.39 is 0 Å². The van der Waals surface area contributed by atoms with Crippen LogP contribution in [0.4, 0.5) is 4.39 Å². The molecule has 0 unspecified atom stereocenters. The van der Waals surface area contributed by atoms with Gasteiger partial charge in [0.2, 0.25) is 0 Å².